The summed E-state index contributed by atoms with van der Waals surface area (Å²) < 4.78 is 10.9. The quantitative estimate of drug-likeness (QED) is 0.356. The van der Waals surface area contributed by atoms with Crippen molar-refractivity contribution < 1.29 is 24.8 Å². The lowest BCUT2D eigenvalue weighted by Crippen LogP contribution is -2.42. The van der Waals surface area contributed by atoms with E-state index in [1.807, 2.05) is 0 Å². The van der Waals surface area contributed by atoms with Crippen LogP contribution >= 0.6 is 0 Å². The van der Waals surface area contributed by atoms with Crippen LogP contribution in [-0.4, -0.2) is 59.6 Å². The average molecular weight is 330 g/mol. The fraction of sp³-hybridized carbons (Fsp3) is 0.889. The number of rotatable bonds is 13. The number of unbranched alkanes of at least 4 members (excludes halogenated alkanes) is 6. The minimum atomic E-state index is -0.979. The molecule has 1 saturated heterocycles. The summed E-state index contributed by atoms with van der Waals surface area (Å²) in [5.74, 6) is 0. The second-order valence-corrected chi connectivity index (χ2v) is 6.26. The van der Waals surface area contributed by atoms with Crippen LogP contribution in [0.4, 0.5) is 0 Å². The molecule has 23 heavy (non-hydrogen) atoms. The Morgan fingerprint density at radius 3 is 2.43 bits per heavy atom. The van der Waals surface area contributed by atoms with Gasteiger partial charge >= 0.3 is 0 Å². The number of aliphatic hydroxyl groups is 3. The first-order valence-electron chi connectivity index (χ1n) is 9.05. The highest BCUT2D eigenvalue weighted by Crippen LogP contribution is 2.19. The fourth-order valence-corrected chi connectivity index (χ4v) is 2.74. The molecule has 1 aliphatic heterocycles. The van der Waals surface area contributed by atoms with Crippen LogP contribution in [0, 0.1) is 0 Å². The number of ether oxygens (including phenoxy) is 2. The summed E-state index contributed by atoms with van der Waals surface area (Å²) >= 11 is 0. The molecule has 0 radical (unpaired) electrons. The summed E-state index contributed by atoms with van der Waals surface area (Å²) in [6.07, 6.45) is 10.7. The van der Waals surface area contributed by atoms with Crippen LogP contribution in [0.5, 0.6) is 0 Å². The van der Waals surface area contributed by atoms with E-state index in [0.29, 0.717) is 6.61 Å². The smallest absolute Gasteiger partial charge is 0.114 e. The van der Waals surface area contributed by atoms with Crippen LogP contribution in [0.1, 0.15) is 58.3 Å². The van der Waals surface area contributed by atoms with Gasteiger partial charge in [0, 0.05) is 6.61 Å². The fourth-order valence-electron chi connectivity index (χ4n) is 2.74. The minimum absolute atomic E-state index is 0.0956. The number of aliphatic hydroxyl groups excluding tert-OH is 3. The van der Waals surface area contributed by atoms with Gasteiger partial charge in [0.2, 0.25) is 0 Å². The zero-order valence-electron chi connectivity index (χ0n) is 14.4. The molecule has 5 nitrogen and oxygen atoms in total. The Kier molecular flexibility index (Phi) is 11.5. The molecular weight excluding hydrogens is 296 g/mol. The first-order valence-corrected chi connectivity index (χ1v) is 9.05. The van der Waals surface area contributed by atoms with E-state index in [-0.39, 0.29) is 13.2 Å². The first-order chi connectivity index (χ1) is 11.2. The maximum absolute atomic E-state index is 9.76. The third kappa shape index (κ3) is 8.27. The van der Waals surface area contributed by atoms with Gasteiger partial charge in [0.15, 0.2) is 0 Å². The molecule has 5 heteroatoms. The van der Waals surface area contributed by atoms with E-state index in [4.69, 9.17) is 9.47 Å². The van der Waals surface area contributed by atoms with Gasteiger partial charge in [-0.2, -0.15) is 0 Å². The van der Waals surface area contributed by atoms with Crippen LogP contribution < -0.4 is 0 Å². The Labute approximate surface area is 140 Å². The van der Waals surface area contributed by atoms with E-state index >= 15 is 0 Å². The molecule has 136 valence electrons. The molecule has 4 atom stereocenters. The summed E-state index contributed by atoms with van der Waals surface area (Å²) in [5.41, 5.74) is 0. The molecule has 1 fully saturated rings. The Balaban J connectivity index is 1.99. The molecule has 1 rings (SSSR count). The third-order valence-electron chi connectivity index (χ3n) is 4.21. The predicted octanol–water partition coefficient (Wildman–Crippen LogP) is 2.18. The molecule has 0 unspecified atom stereocenters. The third-order valence-corrected chi connectivity index (χ3v) is 4.21. The molecule has 1 heterocycles. The van der Waals surface area contributed by atoms with Gasteiger partial charge in [0.25, 0.3) is 0 Å². The highest BCUT2D eigenvalue weighted by Gasteiger charge is 2.40. The van der Waals surface area contributed by atoms with Gasteiger partial charge in [-0.1, -0.05) is 44.8 Å². The first kappa shape index (κ1) is 20.6. The Morgan fingerprint density at radius 2 is 1.78 bits per heavy atom. The summed E-state index contributed by atoms with van der Waals surface area (Å²) in [4.78, 5) is 0. The van der Waals surface area contributed by atoms with Crippen LogP contribution in [0.3, 0.4) is 0 Å². The maximum Gasteiger partial charge on any atom is 0.114 e. The number of hydrogen-bond donors (Lipinski definition) is 3. The zero-order chi connectivity index (χ0) is 16.9. The van der Waals surface area contributed by atoms with Crippen molar-refractivity contribution >= 4 is 0 Å². The zero-order valence-corrected chi connectivity index (χ0v) is 14.4. The lowest BCUT2D eigenvalue weighted by Gasteiger charge is -2.24. The SMILES string of the molecule is CCC/C=C/CCCCCCCO[C@@H](CO)[C@@H]1OC[C@@H](O)[C@@H]1O. The molecule has 0 aromatic heterocycles. The van der Waals surface area contributed by atoms with Gasteiger partial charge in [-0.05, 0) is 25.7 Å². The standard InChI is InChI=1S/C18H34O5/c1-2-3-4-5-6-7-8-9-10-11-12-22-16(13-19)18-17(21)15(20)14-23-18/h4-5,15-21H,2-3,6-14H2,1H3/b5-4+/t15-,16+,17+,18+/m1/s1. The van der Waals surface area contributed by atoms with E-state index in [9.17, 15) is 15.3 Å². The van der Waals surface area contributed by atoms with Crippen LogP contribution in [0.15, 0.2) is 12.2 Å². The maximum atomic E-state index is 9.76. The van der Waals surface area contributed by atoms with Crippen molar-refractivity contribution in [3.8, 4) is 0 Å². The normalized spacial score (nSPS) is 26.2. The molecule has 1 aliphatic rings. The summed E-state index contributed by atoms with van der Waals surface area (Å²) in [6.45, 7) is 2.62. The number of hydrogen-bond acceptors (Lipinski definition) is 5. The highest BCUT2D eigenvalue weighted by atomic mass is 16.6. The molecule has 0 aromatic carbocycles. The predicted molar refractivity (Wildman–Crippen MR) is 90.3 cm³/mol. The molecule has 0 saturated carbocycles. The van der Waals surface area contributed by atoms with Gasteiger partial charge in [-0.15, -0.1) is 0 Å². The summed E-state index contributed by atoms with van der Waals surface area (Å²) in [6, 6.07) is 0. The lowest BCUT2D eigenvalue weighted by atomic mass is 10.1. The molecule has 0 bridgehead atoms. The van der Waals surface area contributed by atoms with Gasteiger partial charge in [-0.25, -0.2) is 0 Å². The monoisotopic (exact) mass is 330 g/mol. The highest BCUT2D eigenvalue weighted by molar-refractivity contribution is 4.88. The second-order valence-electron chi connectivity index (χ2n) is 6.26. The Bertz CT molecular complexity index is 308. The minimum Gasteiger partial charge on any atom is -0.394 e. The van der Waals surface area contributed by atoms with Gasteiger partial charge in [-0.3, -0.25) is 0 Å². The molecule has 0 aliphatic carbocycles. The van der Waals surface area contributed by atoms with Gasteiger partial charge in [0.05, 0.1) is 13.2 Å². The van der Waals surface area contributed by atoms with Crippen LogP contribution in [-0.2, 0) is 9.47 Å². The topological polar surface area (TPSA) is 79.2 Å². The van der Waals surface area contributed by atoms with Gasteiger partial charge in [0.1, 0.15) is 24.4 Å². The van der Waals surface area contributed by atoms with E-state index in [1.54, 1.807) is 0 Å². The summed E-state index contributed by atoms with van der Waals surface area (Å²) in [5, 5.41) is 28.6. The van der Waals surface area contributed by atoms with E-state index in [0.717, 1.165) is 12.8 Å². The molecular formula is C18H34O5. The summed E-state index contributed by atoms with van der Waals surface area (Å²) in [7, 11) is 0. The van der Waals surface area contributed by atoms with Crippen molar-refractivity contribution in [2.75, 3.05) is 19.8 Å². The van der Waals surface area contributed by atoms with Crippen LogP contribution in [0.25, 0.3) is 0 Å². The molecule has 3 N–H and O–H groups in total. The van der Waals surface area contributed by atoms with Crippen molar-refractivity contribution in [2.45, 2.75) is 82.7 Å². The van der Waals surface area contributed by atoms with Crippen LogP contribution in [0.2, 0.25) is 0 Å². The van der Waals surface area contributed by atoms with E-state index in [1.165, 1.54) is 38.5 Å². The van der Waals surface area contributed by atoms with Crippen molar-refractivity contribution in [3.05, 3.63) is 12.2 Å². The van der Waals surface area contributed by atoms with E-state index in [2.05, 4.69) is 19.1 Å². The van der Waals surface area contributed by atoms with E-state index < -0.39 is 24.4 Å². The largest absolute Gasteiger partial charge is 0.394 e. The molecule has 0 amide bonds. The Hall–Kier alpha value is -0.460. The van der Waals surface area contributed by atoms with Gasteiger partial charge < -0.3 is 24.8 Å². The molecule has 0 spiro atoms. The van der Waals surface area contributed by atoms with Crippen molar-refractivity contribution in [1.29, 1.82) is 0 Å². The molecule has 0 aromatic rings. The average Bonchev–Trinajstić information content (AvgIpc) is 2.88. The van der Waals surface area contributed by atoms with Crippen molar-refractivity contribution in [1.82, 2.24) is 0 Å². The van der Waals surface area contributed by atoms with Crippen molar-refractivity contribution in [2.24, 2.45) is 0 Å². The number of allylic oxidation sites excluding steroid dienone is 2. The Morgan fingerprint density at radius 1 is 1.09 bits per heavy atom. The second kappa shape index (κ2) is 12.9. The lowest BCUT2D eigenvalue weighted by molar-refractivity contribution is -0.101. The van der Waals surface area contributed by atoms with Crippen molar-refractivity contribution in [3.63, 3.8) is 0 Å².